The van der Waals surface area contributed by atoms with E-state index < -0.39 is 97.5 Å². The minimum atomic E-state index is -4.95. The number of carbonyl (C=O) groups excluding carboxylic acids is 4. The summed E-state index contributed by atoms with van der Waals surface area (Å²) in [4.78, 5) is 72.0. The molecule has 0 aliphatic carbocycles. The molecule has 17 nitrogen and oxygen atoms in total. The maximum atomic E-state index is 13.0. The average Bonchev–Trinajstić information content (AvgIpc) is 3.52. The zero-order chi connectivity index (χ0) is 62.6. The average molecular weight is 1250 g/mol. The number of hydrogen-bond acceptors (Lipinski definition) is 15. The maximum Gasteiger partial charge on any atom is 0.472 e. The number of rotatable bonds is 65. The molecule has 0 aliphatic heterocycles. The molecule has 0 aromatic carbocycles. The smallest absolute Gasteiger partial charge is 0.462 e. The third kappa shape index (κ3) is 60.2. The van der Waals surface area contributed by atoms with Crippen molar-refractivity contribution in [2.45, 2.75) is 335 Å². The molecule has 0 aliphatic rings. The van der Waals surface area contributed by atoms with E-state index in [1.165, 1.54) is 128 Å². The second kappa shape index (κ2) is 60.5. The van der Waals surface area contributed by atoms with E-state index in [4.69, 9.17) is 37.0 Å². The van der Waals surface area contributed by atoms with E-state index in [9.17, 15) is 43.2 Å². The monoisotopic (exact) mass is 1250 g/mol. The largest absolute Gasteiger partial charge is 0.472 e. The lowest BCUT2D eigenvalue weighted by Crippen LogP contribution is -2.30. The molecule has 500 valence electrons. The molecule has 0 bridgehead atoms. The molecular formula is C66H124O17P2. The molecule has 0 saturated heterocycles. The lowest BCUT2D eigenvalue weighted by molar-refractivity contribution is -0.161. The highest BCUT2D eigenvalue weighted by Crippen LogP contribution is 2.45. The first-order chi connectivity index (χ1) is 41.2. The first kappa shape index (κ1) is 82.5. The molecule has 19 heteroatoms. The van der Waals surface area contributed by atoms with Crippen molar-refractivity contribution in [3.63, 3.8) is 0 Å². The summed E-state index contributed by atoms with van der Waals surface area (Å²) in [6.45, 7) is 4.75. The number of aliphatic hydroxyl groups is 1. The van der Waals surface area contributed by atoms with Gasteiger partial charge in [0.25, 0.3) is 0 Å². The Kier molecular flexibility index (Phi) is 58.7. The van der Waals surface area contributed by atoms with Gasteiger partial charge in [-0.25, -0.2) is 9.13 Å². The Labute approximate surface area is 516 Å². The standard InChI is InChI=1S/C66H124O17P2/c1-5-9-13-17-20-23-26-28-30-32-34-37-39-43-47-51-64(69)77-57-62(83-66(71)53-49-45-41-38-35-33-31-29-27-24-21-18-14-10-6-2)59-81-85(74,75)79-55-60(67)54-78-84(72,73)80-58-61(56-76-63(68)50-46-42-16-12-8-4)82-65(70)52-48-44-40-36-25-22-19-15-11-7-3/h24,27,29,31,60-62,67H,5-23,25-26,28,30,32-59H2,1-4H3,(H,72,73)(H,74,75)/b27-24-,31-29-/t60-,61+,62+/m0/s1. The zero-order valence-corrected chi connectivity index (χ0v) is 55.8. The Morgan fingerprint density at radius 1 is 0.329 bits per heavy atom. The summed E-state index contributed by atoms with van der Waals surface area (Å²) in [7, 11) is -9.89. The van der Waals surface area contributed by atoms with Gasteiger partial charge in [-0.2, -0.15) is 0 Å². The fourth-order valence-electron chi connectivity index (χ4n) is 9.45. The van der Waals surface area contributed by atoms with Crippen molar-refractivity contribution >= 4 is 39.5 Å². The van der Waals surface area contributed by atoms with Crippen LogP contribution in [-0.4, -0.2) is 96.7 Å². The van der Waals surface area contributed by atoms with Crippen LogP contribution in [0.5, 0.6) is 0 Å². The van der Waals surface area contributed by atoms with Gasteiger partial charge in [0.15, 0.2) is 12.2 Å². The van der Waals surface area contributed by atoms with E-state index in [1.807, 2.05) is 0 Å². The molecule has 0 fully saturated rings. The zero-order valence-electron chi connectivity index (χ0n) is 54.1. The maximum absolute atomic E-state index is 13.0. The lowest BCUT2D eigenvalue weighted by atomic mass is 10.0. The van der Waals surface area contributed by atoms with Crippen molar-refractivity contribution < 1.29 is 80.2 Å². The van der Waals surface area contributed by atoms with Crippen LogP contribution in [0.25, 0.3) is 0 Å². The number of phosphoric acid groups is 2. The minimum absolute atomic E-state index is 0.0857. The molecule has 0 heterocycles. The van der Waals surface area contributed by atoms with E-state index in [1.54, 1.807) is 0 Å². The first-order valence-corrected chi connectivity index (χ1v) is 37.1. The highest BCUT2D eigenvalue weighted by Gasteiger charge is 2.30. The van der Waals surface area contributed by atoms with Crippen molar-refractivity contribution in [1.82, 2.24) is 0 Å². The predicted octanol–water partition coefficient (Wildman–Crippen LogP) is 18.3. The van der Waals surface area contributed by atoms with Crippen LogP contribution < -0.4 is 0 Å². The third-order valence-corrected chi connectivity index (χ3v) is 16.6. The Balaban J connectivity index is 5.20. The summed E-state index contributed by atoms with van der Waals surface area (Å²) in [5.41, 5.74) is 0. The van der Waals surface area contributed by atoms with Crippen LogP contribution in [0.4, 0.5) is 0 Å². The van der Waals surface area contributed by atoms with E-state index >= 15 is 0 Å². The van der Waals surface area contributed by atoms with E-state index in [0.29, 0.717) is 25.7 Å². The molecule has 0 saturated carbocycles. The fraction of sp³-hybridized carbons (Fsp3) is 0.879. The molecule has 5 atom stereocenters. The predicted molar refractivity (Wildman–Crippen MR) is 340 cm³/mol. The van der Waals surface area contributed by atoms with Crippen LogP contribution >= 0.6 is 15.6 Å². The number of hydrogen-bond donors (Lipinski definition) is 3. The number of ether oxygens (including phenoxy) is 4. The van der Waals surface area contributed by atoms with E-state index in [-0.39, 0.29) is 25.7 Å². The Morgan fingerprint density at radius 3 is 0.859 bits per heavy atom. The number of phosphoric ester groups is 2. The van der Waals surface area contributed by atoms with Crippen LogP contribution in [0.3, 0.4) is 0 Å². The van der Waals surface area contributed by atoms with Gasteiger partial charge in [0.2, 0.25) is 0 Å². The first-order valence-electron chi connectivity index (χ1n) is 34.1. The summed E-state index contributed by atoms with van der Waals surface area (Å²) in [6, 6.07) is 0. The van der Waals surface area contributed by atoms with Gasteiger partial charge in [-0.15, -0.1) is 0 Å². The molecule has 85 heavy (non-hydrogen) atoms. The summed E-state index contributed by atoms with van der Waals surface area (Å²) in [5.74, 6) is -2.17. The summed E-state index contributed by atoms with van der Waals surface area (Å²) in [5, 5.41) is 10.5. The Bertz CT molecular complexity index is 1730. The van der Waals surface area contributed by atoms with Gasteiger partial charge in [-0.3, -0.25) is 37.3 Å². The van der Waals surface area contributed by atoms with Gasteiger partial charge in [-0.1, -0.05) is 264 Å². The quantitative estimate of drug-likeness (QED) is 0.0169. The molecule has 0 aromatic heterocycles. The van der Waals surface area contributed by atoms with E-state index in [0.717, 1.165) is 109 Å². The van der Waals surface area contributed by atoms with Gasteiger partial charge >= 0.3 is 39.5 Å². The van der Waals surface area contributed by atoms with Gasteiger partial charge in [0.1, 0.15) is 19.3 Å². The van der Waals surface area contributed by atoms with Crippen LogP contribution in [0.15, 0.2) is 24.3 Å². The van der Waals surface area contributed by atoms with Crippen LogP contribution in [-0.2, 0) is 65.4 Å². The molecule has 3 N–H and O–H groups in total. The SMILES string of the molecule is CCCCCC/C=C\C=C/CCCCCCCC(=O)O[C@H](COC(=O)CCCCCCCCCCCCCCCCC)COP(=O)(O)OC[C@@H](O)COP(=O)(O)OC[C@@H](COC(=O)CCCCCCC)OC(=O)CCCCCCCCCCCC. The summed E-state index contributed by atoms with van der Waals surface area (Å²) < 4.78 is 67.8. The number of carbonyl (C=O) groups is 4. The molecule has 2 unspecified atom stereocenters. The van der Waals surface area contributed by atoms with Gasteiger partial charge in [-0.05, 0) is 51.4 Å². The Morgan fingerprint density at radius 2 is 0.565 bits per heavy atom. The fourth-order valence-corrected chi connectivity index (χ4v) is 11.0. The van der Waals surface area contributed by atoms with Crippen LogP contribution in [0, 0.1) is 0 Å². The second-order valence-electron chi connectivity index (χ2n) is 23.2. The van der Waals surface area contributed by atoms with Crippen molar-refractivity contribution in [1.29, 1.82) is 0 Å². The molecule has 0 rings (SSSR count). The second-order valence-corrected chi connectivity index (χ2v) is 26.1. The molecule has 0 spiro atoms. The van der Waals surface area contributed by atoms with Crippen LogP contribution in [0.2, 0.25) is 0 Å². The van der Waals surface area contributed by atoms with Crippen molar-refractivity contribution in [3.8, 4) is 0 Å². The number of allylic oxidation sites excluding steroid dienone is 4. The minimum Gasteiger partial charge on any atom is -0.462 e. The number of aliphatic hydroxyl groups excluding tert-OH is 1. The van der Waals surface area contributed by atoms with Crippen molar-refractivity contribution in [2.24, 2.45) is 0 Å². The molecular weight excluding hydrogens is 1130 g/mol. The van der Waals surface area contributed by atoms with Crippen molar-refractivity contribution in [3.05, 3.63) is 24.3 Å². The summed E-state index contributed by atoms with van der Waals surface area (Å²) in [6.07, 6.45) is 49.7. The van der Waals surface area contributed by atoms with Gasteiger partial charge in [0, 0.05) is 25.7 Å². The van der Waals surface area contributed by atoms with Crippen LogP contribution in [0.1, 0.15) is 317 Å². The number of esters is 4. The normalized spacial score (nSPS) is 14.3. The number of unbranched alkanes of at least 4 members (excludes halogenated alkanes) is 36. The molecule has 0 aromatic rings. The molecule has 0 radical (unpaired) electrons. The topological polar surface area (TPSA) is 237 Å². The molecule has 0 amide bonds. The van der Waals surface area contributed by atoms with Gasteiger partial charge in [0.05, 0.1) is 26.4 Å². The lowest BCUT2D eigenvalue weighted by Gasteiger charge is -2.21. The highest BCUT2D eigenvalue weighted by atomic mass is 31.2. The Hall–Kier alpha value is -2.46. The third-order valence-electron chi connectivity index (χ3n) is 14.7. The summed E-state index contributed by atoms with van der Waals surface area (Å²) >= 11 is 0. The van der Waals surface area contributed by atoms with E-state index in [2.05, 4.69) is 52.0 Å². The van der Waals surface area contributed by atoms with Gasteiger partial charge < -0.3 is 33.8 Å². The highest BCUT2D eigenvalue weighted by molar-refractivity contribution is 7.47. The van der Waals surface area contributed by atoms with Crippen molar-refractivity contribution in [2.75, 3.05) is 39.6 Å².